The fraction of sp³-hybridized carbons (Fsp3) is 1.00. The number of rotatable bonds is 6. The number of thioether (sulfide) groups is 1. The van der Waals surface area contributed by atoms with Gasteiger partial charge < -0.3 is 10.1 Å². The predicted molar refractivity (Wildman–Crippen MR) is 68.6 cm³/mol. The summed E-state index contributed by atoms with van der Waals surface area (Å²) >= 11 is 2.08. The molecule has 0 aromatic heterocycles. The average molecular weight is 231 g/mol. The van der Waals surface area contributed by atoms with Gasteiger partial charge >= 0.3 is 0 Å². The third-order valence-corrected chi connectivity index (χ3v) is 4.31. The lowest BCUT2D eigenvalue weighted by molar-refractivity contribution is 0.104. The minimum absolute atomic E-state index is 0.515. The van der Waals surface area contributed by atoms with E-state index in [4.69, 9.17) is 4.74 Å². The van der Waals surface area contributed by atoms with Gasteiger partial charge in [-0.05, 0) is 19.3 Å². The van der Waals surface area contributed by atoms with Crippen LogP contribution < -0.4 is 5.32 Å². The Morgan fingerprint density at radius 1 is 1.47 bits per heavy atom. The molecule has 2 nitrogen and oxygen atoms in total. The molecule has 0 aromatic carbocycles. The molecule has 1 fully saturated rings. The highest BCUT2D eigenvalue weighted by Crippen LogP contribution is 2.26. The molecule has 3 atom stereocenters. The smallest absolute Gasteiger partial charge is 0.0622 e. The minimum atomic E-state index is 0.515. The highest BCUT2D eigenvalue weighted by atomic mass is 32.2. The zero-order valence-electron chi connectivity index (χ0n) is 10.5. The van der Waals surface area contributed by atoms with Gasteiger partial charge in [0.05, 0.1) is 6.61 Å². The first-order chi connectivity index (χ1) is 7.13. The molecular formula is C12H25NOS. The van der Waals surface area contributed by atoms with Crippen molar-refractivity contribution in [2.75, 3.05) is 19.0 Å². The molecule has 0 radical (unpaired) electrons. The number of hydrogen-bond donors (Lipinski definition) is 1. The van der Waals surface area contributed by atoms with E-state index >= 15 is 0 Å². The Morgan fingerprint density at radius 3 is 2.67 bits per heavy atom. The van der Waals surface area contributed by atoms with Crippen LogP contribution in [0.4, 0.5) is 0 Å². The maximum atomic E-state index is 5.52. The lowest BCUT2D eigenvalue weighted by atomic mass is 10.0. The predicted octanol–water partition coefficient (Wildman–Crippen LogP) is 2.53. The van der Waals surface area contributed by atoms with Gasteiger partial charge in [0.15, 0.2) is 0 Å². The van der Waals surface area contributed by atoms with Crippen molar-refractivity contribution in [3.05, 3.63) is 0 Å². The van der Waals surface area contributed by atoms with Crippen LogP contribution in [0, 0.1) is 5.92 Å². The van der Waals surface area contributed by atoms with Crippen LogP contribution in [0.2, 0.25) is 0 Å². The van der Waals surface area contributed by atoms with E-state index in [0.29, 0.717) is 18.0 Å². The topological polar surface area (TPSA) is 21.3 Å². The Bertz CT molecular complexity index is 175. The maximum Gasteiger partial charge on any atom is 0.0622 e. The van der Waals surface area contributed by atoms with Crippen LogP contribution in [0.25, 0.3) is 0 Å². The Balaban J connectivity index is 2.30. The molecule has 1 aliphatic rings. The lowest BCUT2D eigenvalue weighted by Gasteiger charge is -2.25. The van der Waals surface area contributed by atoms with Crippen LogP contribution in [-0.4, -0.2) is 36.3 Å². The molecule has 3 unspecified atom stereocenters. The van der Waals surface area contributed by atoms with Gasteiger partial charge in [-0.25, -0.2) is 0 Å². The quantitative estimate of drug-likeness (QED) is 0.759. The van der Waals surface area contributed by atoms with Crippen molar-refractivity contribution in [2.45, 2.75) is 51.4 Å². The van der Waals surface area contributed by atoms with Gasteiger partial charge in [0.2, 0.25) is 0 Å². The van der Waals surface area contributed by atoms with Gasteiger partial charge in [-0.3, -0.25) is 0 Å². The van der Waals surface area contributed by atoms with Crippen molar-refractivity contribution in [1.82, 2.24) is 5.32 Å². The van der Waals surface area contributed by atoms with Crippen LogP contribution in [0.3, 0.4) is 0 Å². The Kier molecular flexibility index (Phi) is 6.02. The summed E-state index contributed by atoms with van der Waals surface area (Å²) < 4.78 is 5.52. The van der Waals surface area contributed by atoms with E-state index in [0.717, 1.165) is 18.5 Å². The first kappa shape index (κ1) is 13.3. The molecular weight excluding hydrogens is 206 g/mol. The van der Waals surface area contributed by atoms with Gasteiger partial charge in [-0.2, -0.15) is 11.8 Å². The Morgan fingerprint density at radius 2 is 2.20 bits per heavy atom. The summed E-state index contributed by atoms with van der Waals surface area (Å²) in [5, 5.41) is 4.56. The summed E-state index contributed by atoms with van der Waals surface area (Å²) in [7, 11) is 0. The molecule has 0 aromatic rings. The molecule has 0 amide bonds. The van der Waals surface area contributed by atoms with Crippen LogP contribution in [0.15, 0.2) is 0 Å². The molecule has 0 spiro atoms. The molecule has 1 heterocycles. The number of nitrogens with one attached hydrogen (secondary N) is 1. The second-order valence-electron chi connectivity index (χ2n) is 4.75. The fourth-order valence-corrected chi connectivity index (χ4v) is 3.08. The van der Waals surface area contributed by atoms with Gasteiger partial charge in [0.25, 0.3) is 0 Å². The maximum absolute atomic E-state index is 5.52. The summed E-state index contributed by atoms with van der Waals surface area (Å²) in [6.45, 7) is 10.6. The summed E-state index contributed by atoms with van der Waals surface area (Å²) in [6, 6.07) is 1.21. The van der Waals surface area contributed by atoms with Gasteiger partial charge in [0, 0.05) is 29.7 Å². The van der Waals surface area contributed by atoms with Gasteiger partial charge in [-0.15, -0.1) is 0 Å². The van der Waals surface area contributed by atoms with Crippen molar-refractivity contribution in [2.24, 2.45) is 5.92 Å². The number of ether oxygens (including phenoxy) is 1. The minimum Gasteiger partial charge on any atom is -0.380 e. The van der Waals surface area contributed by atoms with Crippen LogP contribution in [0.5, 0.6) is 0 Å². The van der Waals surface area contributed by atoms with Gasteiger partial charge in [-0.1, -0.05) is 20.8 Å². The molecule has 1 saturated heterocycles. The zero-order chi connectivity index (χ0) is 11.3. The van der Waals surface area contributed by atoms with E-state index in [-0.39, 0.29) is 0 Å². The Hall–Kier alpha value is 0.270. The lowest BCUT2D eigenvalue weighted by Crippen LogP contribution is -2.44. The second kappa shape index (κ2) is 6.77. The molecule has 0 saturated carbocycles. The summed E-state index contributed by atoms with van der Waals surface area (Å²) in [4.78, 5) is 0. The monoisotopic (exact) mass is 231 g/mol. The molecule has 0 bridgehead atoms. The standard InChI is InChI=1S/C12H25NOS/c1-5-14-7-12(9(2)3)13-11-6-10(4)15-8-11/h9-13H,5-8H2,1-4H3. The third kappa shape index (κ3) is 4.75. The normalized spacial score (nSPS) is 28.6. The molecule has 1 N–H and O–H groups in total. The number of hydrogen-bond acceptors (Lipinski definition) is 3. The first-order valence-electron chi connectivity index (χ1n) is 6.08. The average Bonchev–Trinajstić information content (AvgIpc) is 2.58. The van der Waals surface area contributed by atoms with E-state index in [1.807, 2.05) is 0 Å². The molecule has 1 rings (SSSR count). The molecule has 90 valence electrons. The highest BCUT2D eigenvalue weighted by Gasteiger charge is 2.25. The largest absolute Gasteiger partial charge is 0.380 e. The summed E-state index contributed by atoms with van der Waals surface area (Å²) in [5.74, 6) is 1.91. The van der Waals surface area contributed by atoms with Crippen molar-refractivity contribution in [3.63, 3.8) is 0 Å². The Labute approximate surface area is 98.5 Å². The summed E-state index contributed by atoms with van der Waals surface area (Å²) in [5.41, 5.74) is 0. The molecule has 1 aliphatic heterocycles. The van der Waals surface area contributed by atoms with E-state index in [2.05, 4.69) is 44.8 Å². The molecule has 3 heteroatoms. The van der Waals surface area contributed by atoms with Crippen molar-refractivity contribution < 1.29 is 4.74 Å². The van der Waals surface area contributed by atoms with Gasteiger partial charge in [0.1, 0.15) is 0 Å². The van der Waals surface area contributed by atoms with Crippen LogP contribution in [0.1, 0.15) is 34.1 Å². The summed E-state index contributed by atoms with van der Waals surface area (Å²) in [6.07, 6.45) is 1.31. The van der Waals surface area contributed by atoms with E-state index in [1.54, 1.807) is 0 Å². The van der Waals surface area contributed by atoms with Crippen LogP contribution in [-0.2, 0) is 4.74 Å². The van der Waals surface area contributed by atoms with E-state index < -0.39 is 0 Å². The van der Waals surface area contributed by atoms with Crippen molar-refractivity contribution in [3.8, 4) is 0 Å². The van der Waals surface area contributed by atoms with Crippen molar-refractivity contribution >= 4 is 11.8 Å². The zero-order valence-corrected chi connectivity index (χ0v) is 11.3. The molecule has 0 aliphatic carbocycles. The second-order valence-corrected chi connectivity index (χ2v) is 6.22. The van der Waals surface area contributed by atoms with Crippen LogP contribution >= 0.6 is 11.8 Å². The molecule has 15 heavy (non-hydrogen) atoms. The first-order valence-corrected chi connectivity index (χ1v) is 7.13. The SMILES string of the molecule is CCOCC(NC1CSC(C)C1)C(C)C. The van der Waals surface area contributed by atoms with E-state index in [1.165, 1.54) is 12.2 Å². The van der Waals surface area contributed by atoms with Crippen molar-refractivity contribution in [1.29, 1.82) is 0 Å². The fourth-order valence-electron chi connectivity index (χ4n) is 1.91. The third-order valence-electron chi connectivity index (χ3n) is 2.95. The van der Waals surface area contributed by atoms with E-state index in [9.17, 15) is 0 Å². The highest BCUT2D eigenvalue weighted by molar-refractivity contribution is 8.00.